The van der Waals surface area contributed by atoms with Crippen LogP contribution in [0.4, 0.5) is 0 Å². The van der Waals surface area contributed by atoms with Gasteiger partial charge in [-0.25, -0.2) is 0 Å². The van der Waals surface area contributed by atoms with Gasteiger partial charge >= 0.3 is 0 Å². The Morgan fingerprint density at radius 1 is 1.24 bits per heavy atom. The zero-order valence-corrected chi connectivity index (χ0v) is 12.2. The Kier molecular flexibility index (Phi) is 4.15. The lowest BCUT2D eigenvalue weighted by Gasteiger charge is -2.05. The third-order valence-corrected chi connectivity index (χ3v) is 3.32. The molecule has 0 fully saturated rings. The molecular formula is C12H10BrCl2NO. The van der Waals surface area contributed by atoms with Crippen molar-refractivity contribution < 1.29 is 4.42 Å². The summed E-state index contributed by atoms with van der Waals surface area (Å²) in [4.78, 5) is 0. The van der Waals surface area contributed by atoms with E-state index in [2.05, 4.69) is 21.2 Å². The van der Waals surface area contributed by atoms with Crippen LogP contribution in [0.25, 0.3) is 11.3 Å². The fraction of sp³-hybridized carbons (Fsp3) is 0.167. The predicted molar refractivity (Wildman–Crippen MR) is 74.6 cm³/mol. The van der Waals surface area contributed by atoms with Crippen molar-refractivity contribution >= 4 is 39.1 Å². The maximum atomic E-state index is 6.17. The standard InChI is InChI=1S/C12H10BrCl2NO/c1-16-6-8-2-3-11(17-8)12-9(14)4-7(13)5-10(12)15/h2-5,16H,6H2,1H3. The van der Waals surface area contributed by atoms with Gasteiger partial charge in [0, 0.05) is 4.47 Å². The van der Waals surface area contributed by atoms with E-state index in [-0.39, 0.29) is 0 Å². The molecule has 0 saturated heterocycles. The molecule has 1 heterocycles. The van der Waals surface area contributed by atoms with Gasteiger partial charge in [-0.05, 0) is 31.3 Å². The highest BCUT2D eigenvalue weighted by Crippen LogP contribution is 2.37. The summed E-state index contributed by atoms with van der Waals surface area (Å²) in [5.74, 6) is 1.52. The van der Waals surface area contributed by atoms with Gasteiger partial charge in [-0.1, -0.05) is 39.1 Å². The van der Waals surface area contributed by atoms with E-state index in [1.165, 1.54) is 0 Å². The van der Waals surface area contributed by atoms with Crippen molar-refractivity contribution in [1.82, 2.24) is 5.32 Å². The highest BCUT2D eigenvalue weighted by molar-refractivity contribution is 9.10. The molecule has 0 bridgehead atoms. The molecule has 0 radical (unpaired) electrons. The number of benzene rings is 1. The zero-order valence-electron chi connectivity index (χ0n) is 9.06. The maximum absolute atomic E-state index is 6.17. The van der Waals surface area contributed by atoms with Gasteiger partial charge in [0.05, 0.1) is 22.2 Å². The molecule has 0 unspecified atom stereocenters. The molecule has 2 aromatic rings. The number of hydrogen-bond donors (Lipinski definition) is 1. The molecule has 0 aliphatic rings. The first-order valence-electron chi connectivity index (χ1n) is 5.00. The Balaban J connectivity index is 2.45. The number of hydrogen-bond acceptors (Lipinski definition) is 2. The molecule has 17 heavy (non-hydrogen) atoms. The van der Waals surface area contributed by atoms with Crippen LogP contribution in [0, 0.1) is 0 Å². The summed E-state index contributed by atoms with van der Waals surface area (Å²) < 4.78 is 6.51. The number of rotatable bonds is 3. The molecular weight excluding hydrogens is 325 g/mol. The monoisotopic (exact) mass is 333 g/mol. The first-order chi connectivity index (χ1) is 8.11. The van der Waals surface area contributed by atoms with Crippen LogP contribution in [0.1, 0.15) is 5.76 Å². The molecule has 2 rings (SSSR count). The lowest BCUT2D eigenvalue weighted by Crippen LogP contribution is -2.03. The van der Waals surface area contributed by atoms with E-state index in [9.17, 15) is 0 Å². The van der Waals surface area contributed by atoms with Gasteiger partial charge in [0.2, 0.25) is 0 Å². The van der Waals surface area contributed by atoms with Gasteiger partial charge in [-0.3, -0.25) is 0 Å². The second-order valence-electron chi connectivity index (χ2n) is 3.54. The van der Waals surface area contributed by atoms with Gasteiger partial charge in [-0.2, -0.15) is 0 Å². The molecule has 90 valence electrons. The largest absolute Gasteiger partial charge is 0.460 e. The third-order valence-electron chi connectivity index (χ3n) is 2.27. The van der Waals surface area contributed by atoms with E-state index in [0.29, 0.717) is 22.4 Å². The first kappa shape index (κ1) is 13.0. The molecule has 2 nitrogen and oxygen atoms in total. The molecule has 0 atom stereocenters. The second-order valence-corrected chi connectivity index (χ2v) is 5.27. The minimum atomic E-state index is 0.565. The quantitative estimate of drug-likeness (QED) is 0.877. The molecule has 0 spiro atoms. The fourth-order valence-electron chi connectivity index (χ4n) is 1.56. The normalized spacial score (nSPS) is 10.8. The van der Waals surface area contributed by atoms with Crippen LogP contribution in [0.2, 0.25) is 10.0 Å². The van der Waals surface area contributed by atoms with Gasteiger partial charge < -0.3 is 9.73 Å². The Morgan fingerprint density at radius 3 is 2.47 bits per heavy atom. The van der Waals surface area contributed by atoms with Crippen molar-refractivity contribution in [3.05, 3.63) is 44.5 Å². The molecule has 0 saturated carbocycles. The number of furan rings is 1. The zero-order chi connectivity index (χ0) is 12.4. The van der Waals surface area contributed by atoms with Crippen molar-refractivity contribution in [2.45, 2.75) is 6.54 Å². The molecule has 0 aliphatic carbocycles. The Labute approximate surface area is 118 Å². The second kappa shape index (κ2) is 5.44. The lowest BCUT2D eigenvalue weighted by molar-refractivity contribution is 0.507. The molecule has 1 aromatic carbocycles. The van der Waals surface area contributed by atoms with Crippen molar-refractivity contribution in [2.75, 3.05) is 7.05 Å². The summed E-state index contributed by atoms with van der Waals surface area (Å²) >= 11 is 15.7. The smallest absolute Gasteiger partial charge is 0.137 e. The Hall–Kier alpha value is -0.480. The average molecular weight is 335 g/mol. The molecule has 5 heteroatoms. The summed E-state index contributed by atoms with van der Waals surface area (Å²) in [7, 11) is 1.86. The van der Waals surface area contributed by atoms with Gasteiger partial charge in [0.25, 0.3) is 0 Å². The van der Waals surface area contributed by atoms with E-state index < -0.39 is 0 Å². The van der Waals surface area contributed by atoms with E-state index in [1.54, 1.807) is 12.1 Å². The van der Waals surface area contributed by atoms with Crippen LogP contribution in [-0.4, -0.2) is 7.05 Å². The van der Waals surface area contributed by atoms with E-state index in [1.807, 2.05) is 19.2 Å². The Bertz CT molecular complexity index is 516. The van der Waals surface area contributed by atoms with Crippen LogP contribution in [0.3, 0.4) is 0 Å². The third kappa shape index (κ3) is 2.86. The molecule has 1 aromatic heterocycles. The molecule has 0 amide bonds. The summed E-state index contributed by atoms with van der Waals surface area (Å²) in [5.41, 5.74) is 0.721. The van der Waals surface area contributed by atoms with Crippen LogP contribution < -0.4 is 5.32 Å². The van der Waals surface area contributed by atoms with E-state index >= 15 is 0 Å². The van der Waals surface area contributed by atoms with Crippen LogP contribution in [-0.2, 0) is 6.54 Å². The highest BCUT2D eigenvalue weighted by atomic mass is 79.9. The van der Waals surface area contributed by atoms with E-state index in [0.717, 1.165) is 15.8 Å². The molecule has 1 N–H and O–H groups in total. The predicted octanol–water partition coefficient (Wildman–Crippen LogP) is 4.74. The van der Waals surface area contributed by atoms with Crippen molar-refractivity contribution in [3.8, 4) is 11.3 Å². The van der Waals surface area contributed by atoms with Crippen molar-refractivity contribution in [1.29, 1.82) is 0 Å². The lowest BCUT2D eigenvalue weighted by atomic mass is 10.2. The van der Waals surface area contributed by atoms with Crippen molar-refractivity contribution in [3.63, 3.8) is 0 Å². The summed E-state index contributed by atoms with van der Waals surface area (Å²) in [6.07, 6.45) is 0. The van der Waals surface area contributed by atoms with Crippen LogP contribution >= 0.6 is 39.1 Å². The summed E-state index contributed by atoms with van der Waals surface area (Å²) in [6.45, 7) is 0.672. The summed E-state index contributed by atoms with van der Waals surface area (Å²) in [5, 5.41) is 4.15. The maximum Gasteiger partial charge on any atom is 0.137 e. The van der Waals surface area contributed by atoms with Crippen LogP contribution in [0.5, 0.6) is 0 Å². The minimum absolute atomic E-state index is 0.565. The topological polar surface area (TPSA) is 25.2 Å². The fourth-order valence-corrected chi connectivity index (χ4v) is 2.95. The Morgan fingerprint density at radius 2 is 1.88 bits per heavy atom. The van der Waals surface area contributed by atoms with Crippen LogP contribution in [0.15, 0.2) is 33.2 Å². The summed E-state index contributed by atoms with van der Waals surface area (Å²) in [6, 6.07) is 7.36. The van der Waals surface area contributed by atoms with Gasteiger partial charge in [0.15, 0.2) is 0 Å². The first-order valence-corrected chi connectivity index (χ1v) is 6.55. The SMILES string of the molecule is CNCc1ccc(-c2c(Cl)cc(Br)cc2Cl)o1. The minimum Gasteiger partial charge on any atom is -0.460 e. The number of halogens is 3. The van der Waals surface area contributed by atoms with Crippen molar-refractivity contribution in [2.24, 2.45) is 0 Å². The average Bonchev–Trinajstić information content (AvgIpc) is 2.65. The van der Waals surface area contributed by atoms with Gasteiger partial charge in [0.1, 0.15) is 11.5 Å². The van der Waals surface area contributed by atoms with Gasteiger partial charge in [-0.15, -0.1) is 0 Å². The molecule has 0 aliphatic heterocycles. The highest BCUT2D eigenvalue weighted by Gasteiger charge is 2.13. The number of nitrogens with one attached hydrogen (secondary N) is 1. The van der Waals surface area contributed by atoms with E-state index in [4.69, 9.17) is 27.6 Å².